The Hall–Kier alpha value is -2.79. The smallest absolute Gasteiger partial charge is 0.417 e. The van der Waals surface area contributed by atoms with Crippen molar-refractivity contribution in [2.45, 2.75) is 50.7 Å². The molecule has 2 amide bonds. The molecule has 2 bridgehead atoms. The Balaban J connectivity index is 1.57. The van der Waals surface area contributed by atoms with Crippen molar-refractivity contribution >= 4 is 34.8 Å². The zero-order valence-corrected chi connectivity index (χ0v) is 18.6. The number of amides is 2. The quantitative estimate of drug-likeness (QED) is 0.491. The highest BCUT2D eigenvalue weighted by molar-refractivity contribution is 7.13. The number of halogens is 3. The van der Waals surface area contributed by atoms with Crippen LogP contribution in [0.3, 0.4) is 0 Å². The molecule has 3 aliphatic heterocycles. The highest BCUT2D eigenvalue weighted by Gasteiger charge is 2.76. The van der Waals surface area contributed by atoms with E-state index in [0.717, 1.165) is 22.3 Å². The molecular formula is C22H19F3N2O5S. The zero-order valence-electron chi connectivity index (χ0n) is 17.8. The van der Waals surface area contributed by atoms with Crippen LogP contribution < -0.4 is 4.90 Å². The molecule has 5 rings (SSSR count). The lowest BCUT2D eigenvalue weighted by molar-refractivity contribution is -0.159. The first-order chi connectivity index (χ1) is 15.4. The van der Waals surface area contributed by atoms with E-state index in [2.05, 4.69) is 4.98 Å². The van der Waals surface area contributed by atoms with Crippen molar-refractivity contribution < 1.29 is 37.0 Å². The van der Waals surface area contributed by atoms with E-state index in [1.807, 2.05) is 0 Å². The fraction of sp³-hybridized carbons (Fsp3) is 0.455. The number of esters is 1. The Morgan fingerprint density at radius 2 is 1.94 bits per heavy atom. The van der Waals surface area contributed by atoms with Crippen LogP contribution in [0.1, 0.15) is 32.8 Å². The van der Waals surface area contributed by atoms with Crippen molar-refractivity contribution in [1.82, 2.24) is 4.98 Å². The number of anilines is 1. The van der Waals surface area contributed by atoms with Crippen LogP contribution in [0.5, 0.6) is 0 Å². The van der Waals surface area contributed by atoms with E-state index in [1.54, 1.807) is 19.2 Å². The van der Waals surface area contributed by atoms with Crippen molar-refractivity contribution in [1.29, 1.82) is 0 Å². The maximum atomic E-state index is 13.9. The maximum Gasteiger partial charge on any atom is 0.417 e. The topological polar surface area (TPSA) is 85.8 Å². The Morgan fingerprint density at radius 1 is 1.24 bits per heavy atom. The van der Waals surface area contributed by atoms with E-state index in [4.69, 9.17) is 9.47 Å². The molecule has 1 aromatic heterocycles. The second kappa shape index (κ2) is 6.86. The summed E-state index contributed by atoms with van der Waals surface area (Å²) in [5.41, 5.74) is -3.60. The first-order valence-electron chi connectivity index (χ1n) is 10.2. The molecule has 3 aliphatic rings. The molecule has 1 aromatic carbocycles. The predicted molar refractivity (Wildman–Crippen MR) is 110 cm³/mol. The third-order valence-corrected chi connectivity index (χ3v) is 7.61. The van der Waals surface area contributed by atoms with Crippen LogP contribution in [-0.4, -0.2) is 40.1 Å². The summed E-state index contributed by atoms with van der Waals surface area (Å²) in [5.74, 6) is -3.68. The Labute approximate surface area is 190 Å². The Kier molecular flexibility index (Phi) is 4.58. The van der Waals surface area contributed by atoms with E-state index >= 15 is 0 Å². The summed E-state index contributed by atoms with van der Waals surface area (Å²) < 4.78 is 53.1. The van der Waals surface area contributed by atoms with Crippen LogP contribution in [0.4, 0.5) is 18.9 Å². The lowest BCUT2D eigenvalue weighted by Gasteiger charge is -2.34. The van der Waals surface area contributed by atoms with Crippen molar-refractivity contribution in [2.75, 3.05) is 4.90 Å². The number of hydrogen-bond donors (Lipinski definition) is 0. The number of alkyl halides is 3. The number of fused-ring (bicyclic) bond motifs is 5. The van der Waals surface area contributed by atoms with E-state index in [-0.39, 0.29) is 22.7 Å². The molecule has 0 N–H and O–H groups in total. The number of rotatable bonds is 3. The van der Waals surface area contributed by atoms with Crippen LogP contribution in [0.2, 0.25) is 0 Å². The maximum absolute atomic E-state index is 13.9. The summed E-state index contributed by atoms with van der Waals surface area (Å²) >= 11 is 1.06. The monoisotopic (exact) mass is 480 g/mol. The van der Waals surface area contributed by atoms with Gasteiger partial charge in [0, 0.05) is 30.5 Å². The number of carbonyl (C=O) groups is 3. The lowest BCUT2D eigenvalue weighted by Crippen LogP contribution is -2.50. The number of imide groups is 1. The SMILES string of the molecule is CC(=O)OC1CC2(C)OC1(C)C1C(=O)N(c3ccc(-c4nccs4)c(C(F)(F)F)c3)C(=O)C12. The van der Waals surface area contributed by atoms with Gasteiger partial charge in [-0.15, -0.1) is 11.3 Å². The van der Waals surface area contributed by atoms with Gasteiger partial charge in [-0.3, -0.25) is 14.4 Å². The lowest BCUT2D eigenvalue weighted by atomic mass is 9.67. The van der Waals surface area contributed by atoms with Gasteiger partial charge in [0.05, 0.1) is 28.7 Å². The largest absolute Gasteiger partial charge is 0.459 e. The first kappa shape index (κ1) is 22.0. The second-order valence-electron chi connectivity index (χ2n) is 8.93. The van der Waals surface area contributed by atoms with E-state index in [1.165, 1.54) is 25.3 Å². The summed E-state index contributed by atoms with van der Waals surface area (Å²) in [7, 11) is 0. The van der Waals surface area contributed by atoms with Crippen molar-refractivity contribution in [3.05, 3.63) is 35.3 Å². The molecule has 11 heteroatoms. The fourth-order valence-electron chi connectivity index (χ4n) is 5.56. The van der Waals surface area contributed by atoms with Crippen LogP contribution in [0.25, 0.3) is 10.6 Å². The molecule has 4 heterocycles. The molecule has 3 saturated heterocycles. The van der Waals surface area contributed by atoms with Gasteiger partial charge >= 0.3 is 12.1 Å². The van der Waals surface area contributed by atoms with Crippen molar-refractivity contribution in [3.8, 4) is 10.6 Å². The number of nitrogens with zero attached hydrogens (tertiary/aromatic N) is 2. The van der Waals surface area contributed by atoms with E-state index in [0.29, 0.717) is 0 Å². The Morgan fingerprint density at radius 3 is 2.55 bits per heavy atom. The highest BCUT2D eigenvalue weighted by atomic mass is 32.1. The molecule has 0 radical (unpaired) electrons. The van der Waals surface area contributed by atoms with Gasteiger partial charge in [-0.2, -0.15) is 13.2 Å². The second-order valence-corrected chi connectivity index (χ2v) is 9.83. The third kappa shape index (κ3) is 3.05. The molecule has 0 spiro atoms. The number of thiazole rings is 1. The number of ether oxygens (including phenoxy) is 2. The normalized spacial score (nSPS) is 33.0. The summed E-state index contributed by atoms with van der Waals surface area (Å²) in [6, 6.07) is 3.35. The molecule has 7 nitrogen and oxygen atoms in total. The minimum absolute atomic E-state index is 0.127. The standard InChI is InChI=1S/C22H19F3N2O5S/c1-10(28)31-14-9-20(2)15-16(21(14,3)32-20)19(30)27(18(15)29)11-4-5-12(17-26-6-7-33-17)13(8-11)22(23,24)25/h4-8,14-16H,9H2,1-3H3. The molecule has 2 aromatic rings. The summed E-state index contributed by atoms with van der Waals surface area (Å²) in [5, 5.41) is 1.75. The summed E-state index contributed by atoms with van der Waals surface area (Å²) in [4.78, 5) is 43.1. The molecule has 5 unspecified atom stereocenters. The summed E-state index contributed by atoms with van der Waals surface area (Å²) in [6.45, 7) is 4.52. The van der Waals surface area contributed by atoms with Gasteiger partial charge in [-0.25, -0.2) is 9.88 Å². The minimum atomic E-state index is -4.72. The van der Waals surface area contributed by atoms with Crippen molar-refractivity contribution in [2.24, 2.45) is 11.8 Å². The molecule has 5 atom stereocenters. The zero-order chi connectivity index (χ0) is 23.9. The first-order valence-corrected chi connectivity index (χ1v) is 11.1. The van der Waals surface area contributed by atoms with Crippen LogP contribution in [0.15, 0.2) is 29.8 Å². The molecule has 0 saturated carbocycles. The minimum Gasteiger partial charge on any atom is -0.459 e. The average Bonchev–Trinajstić information content (AvgIpc) is 3.42. The molecular weight excluding hydrogens is 461 g/mol. The third-order valence-electron chi connectivity index (χ3n) is 6.80. The fourth-order valence-corrected chi connectivity index (χ4v) is 6.24. The summed E-state index contributed by atoms with van der Waals surface area (Å²) in [6.07, 6.45) is -3.84. The van der Waals surface area contributed by atoms with Crippen LogP contribution in [0, 0.1) is 11.8 Å². The van der Waals surface area contributed by atoms with Crippen LogP contribution >= 0.6 is 11.3 Å². The average molecular weight is 480 g/mol. The molecule has 0 aliphatic carbocycles. The molecule has 174 valence electrons. The predicted octanol–water partition coefficient (Wildman–Crippen LogP) is 3.82. The van der Waals surface area contributed by atoms with Gasteiger partial charge < -0.3 is 9.47 Å². The van der Waals surface area contributed by atoms with Gasteiger partial charge in [0.15, 0.2) is 0 Å². The molecule has 3 fully saturated rings. The van der Waals surface area contributed by atoms with E-state index in [9.17, 15) is 27.6 Å². The van der Waals surface area contributed by atoms with E-state index < -0.39 is 58.7 Å². The number of carbonyl (C=O) groups excluding carboxylic acids is 3. The van der Waals surface area contributed by atoms with Crippen LogP contribution in [-0.2, 0) is 30.0 Å². The van der Waals surface area contributed by atoms with Gasteiger partial charge in [0.1, 0.15) is 16.7 Å². The van der Waals surface area contributed by atoms with Gasteiger partial charge in [0.25, 0.3) is 0 Å². The van der Waals surface area contributed by atoms with Gasteiger partial charge in [-0.05, 0) is 32.0 Å². The highest BCUT2D eigenvalue weighted by Crippen LogP contribution is 2.62. The number of aromatic nitrogens is 1. The number of hydrogen-bond acceptors (Lipinski definition) is 7. The Bertz CT molecular complexity index is 1180. The van der Waals surface area contributed by atoms with Gasteiger partial charge in [-0.1, -0.05) is 0 Å². The van der Waals surface area contributed by atoms with Gasteiger partial charge in [0.2, 0.25) is 11.8 Å². The van der Waals surface area contributed by atoms with Crippen molar-refractivity contribution in [3.63, 3.8) is 0 Å². The number of benzene rings is 1. The molecule has 33 heavy (non-hydrogen) atoms.